The van der Waals surface area contributed by atoms with Crippen LogP contribution < -0.4 is 5.69 Å². The van der Waals surface area contributed by atoms with Crippen LogP contribution in [-0.4, -0.2) is 34.7 Å². The number of hydrogen-bond donors (Lipinski definition) is 1. The summed E-state index contributed by atoms with van der Waals surface area (Å²) in [6.07, 6.45) is 11.4. The number of aromatic amines is 1. The average molecular weight is 486 g/mol. The molecule has 1 N–H and O–H groups in total. The van der Waals surface area contributed by atoms with E-state index in [0.29, 0.717) is 18.3 Å². The van der Waals surface area contributed by atoms with Crippen LogP contribution in [0.2, 0.25) is 0 Å². The molecular formula is C28H35N7O. The number of pyridine rings is 1. The van der Waals surface area contributed by atoms with Gasteiger partial charge in [-0.1, -0.05) is 62.9 Å². The second-order valence-corrected chi connectivity index (χ2v) is 9.97. The molecule has 8 nitrogen and oxygen atoms in total. The summed E-state index contributed by atoms with van der Waals surface area (Å²) in [5.74, 6) is 1.23. The topological polar surface area (TPSA) is 94.3 Å². The molecule has 1 fully saturated rings. The van der Waals surface area contributed by atoms with Crippen molar-refractivity contribution >= 4 is 0 Å². The predicted molar refractivity (Wildman–Crippen MR) is 141 cm³/mol. The maximum Gasteiger partial charge on any atom is 0.328 e. The standard InChI is InChI=1S/C28H35N7O/c1-3-4-14-26-20(2)34(18-21-10-6-5-7-11-21)28(36)35(26)19-22-15-16-25(29-17-22)23-12-8-9-13-24(23)27-30-32-33-31-27/h8-9,12-13,15-17,21H,3-7,10-11,14,18-19H2,1-2H3,(H,30,31,32,33). The Morgan fingerprint density at radius 3 is 2.53 bits per heavy atom. The third-order valence-electron chi connectivity index (χ3n) is 7.51. The normalized spacial score (nSPS) is 14.4. The second kappa shape index (κ2) is 11.0. The third-order valence-corrected chi connectivity index (χ3v) is 7.51. The number of imidazole rings is 1. The van der Waals surface area contributed by atoms with Gasteiger partial charge in [-0.05, 0) is 60.6 Å². The number of nitrogens with zero attached hydrogens (tertiary/aromatic N) is 6. The van der Waals surface area contributed by atoms with E-state index in [-0.39, 0.29) is 5.69 Å². The van der Waals surface area contributed by atoms with Crippen molar-refractivity contribution in [2.75, 3.05) is 0 Å². The predicted octanol–water partition coefficient (Wildman–Crippen LogP) is 5.17. The summed E-state index contributed by atoms with van der Waals surface area (Å²) in [4.78, 5) is 18.4. The molecule has 0 amide bonds. The molecule has 1 saturated carbocycles. The highest BCUT2D eigenvalue weighted by Crippen LogP contribution is 2.29. The van der Waals surface area contributed by atoms with E-state index in [9.17, 15) is 4.79 Å². The number of rotatable bonds is 9. The largest absolute Gasteiger partial charge is 0.328 e. The van der Waals surface area contributed by atoms with Gasteiger partial charge in [-0.2, -0.15) is 0 Å². The fourth-order valence-corrected chi connectivity index (χ4v) is 5.47. The average Bonchev–Trinajstić information content (AvgIpc) is 3.53. The highest BCUT2D eigenvalue weighted by atomic mass is 16.1. The summed E-state index contributed by atoms with van der Waals surface area (Å²) in [7, 11) is 0. The molecule has 3 aromatic heterocycles. The van der Waals surface area contributed by atoms with Gasteiger partial charge in [0.2, 0.25) is 0 Å². The lowest BCUT2D eigenvalue weighted by Gasteiger charge is -2.22. The van der Waals surface area contributed by atoms with Gasteiger partial charge in [-0.25, -0.2) is 9.89 Å². The Balaban J connectivity index is 1.42. The van der Waals surface area contributed by atoms with Gasteiger partial charge in [0.1, 0.15) is 0 Å². The van der Waals surface area contributed by atoms with Crippen molar-refractivity contribution in [1.29, 1.82) is 0 Å². The number of tetrazole rings is 1. The minimum atomic E-state index is 0.122. The van der Waals surface area contributed by atoms with Crippen molar-refractivity contribution in [3.05, 3.63) is 70.0 Å². The molecule has 5 rings (SSSR count). The van der Waals surface area contributed by atoms with E-state index in [1.165, 1.54) is 37.8 Å². The van der Waals surface area contributed by atoms with Crippen molar-refractivity contribution in [3.63, 3.8) is 0 Å². The second-order valence-electron chi connectivity index (χ2n) is 9.97. The van der Waals surface area contributed by atoms with Crippen LogP contribution in [-0.2, 0) is 19.5 Å². The molecule has 3 heterocycles. The summed E-state index contributed by atoms with van der Waals surface area (Å²) in [6, 6.07) is 12.0. The molecule has 8 heteroatoms. The van der Waals surface area contributed by atoms with Crippen LogP contribution >= 0.6 is 0 Å². The summed E-state index contributed by atoms with van der Waals surface area (Å²) in [6.45, 7) is 5.72. The van der Waals surface area contributed by atoms with Crippen LogP contribution in [0.25, 0.3) is 22.6 Å². The van der Waals surface area contributed by atoms with E-state index in [1.807, 2.05) is 45.7 Å². The van der Waals surface area contributed by atoms with E-state index < -0.39 is 0 Å². The Kier molecular flexibility index (Phi) is 7.39. The Morgan fingerprint density at radius 2 is 1.83 bits per heavy atom. The highest BCUT2D eigenvalue weighted by Gasteiger charge is 2.21. The lowest BCUT2D eigenvalue weighted by Crippen LogP contribution is -2.28. The van der Waals surface area contributed by atoms with Crippen molar-refractivity contribution in [3.8, 4) is 22.6 Å². The quantitative estimate of drug-likeness (QED) is 0.353. The lowest BCUT2D eigenvalue weighted by atomic mass is 9.89. The highest BCUT2D eigenvalue weighted by molar-refractivity contribution is 5.78. The summed E-state index contributed by atoms with van der Waals surface area (Å²) >= 11 is 0. The molecule has 0 atom stereocenters. The van der Waals surface area contributed by atoms with Crippen LogP contribution in [0.3, 0.4) is 0 Å². The number of hydrogen-bond acceptors (Lipinski definition) is 5. The van der Waals surface area contributed by atoms with Gasteiger partial charge in [0.15, 0.2) is 5.82 Å². The zero-order valence-corrected chi connectivity index (χ0v) is 21.3. The van der Waals surface area contributed by atoms with E-state index >= 15 is 0 Å². The molecule has 0 radical (unpaired) electrons. The van der Waals surface area contributed by atoms with Crippen molar-refractivity contribution in [1.82, 2.24) is 34.7 Å². The van der Waals surface area contributed by atoms with Gasteiger partial charge >= 0.3 is 5.69 Å². The van der Waals surface area contributed by atoms with Crippen LogP contribution in [0.4, 0.5) is 0 Å². The molecule has 0 spiro atoms. The SMILES string of the molecule is CCCCc1c(C)n(CC2CCCCC2)c(=O)n1Cc1ccc(-c2ccccc2-c2nnn[nH]2)nc1. The smallest absolute Gasteiger partial charge is 0.296 e. The zero-order chi connectivity index (χ0) is 24.9. The zero-order valence-electron chi connectivity index (χ0n) is 21.3. The Labute approximate surface area is 211 Å². The maximum absolute atomic E-state index is 13.6. The molecule has 4 aromatic rings. The number of H-pyrrole nitrogens is 1. The van der Waals surface area contributed by atoms with E-state index in [2.05, 4.69) is 40.5 Å². The third kappa shape index (κ3) is 5.03. The first kappa shape index (κ1) is 24.2. The van der Waals surface area contributed by atoms with Crippen LogP contribution in [0.5, 0.6) is 0 Å². The van der Waals surface area contributed by atoms with Crippen molar-refractivity contribution < 1.29 is 0 Å². The first-order chi connectivity index (χ1) is 17.7. The fraction of sp³-hybridized carbons (Fsp3) is 0.464. The molecular weight excluding hydrogens is 450 g/mol. The number of aromatic nitrogens is 7. The van der Waals surface area contributed by atoms with Crippen LogP contribution in [0.1, 0.15) is 68.8 Å². The molecule has 1 aromatic carbocycles. The van der Waals surface area contributed by atoms with Gasteiger partial charge in [-0.15, -0.1) is 5.10 Å². The van der Waals surface area contributed by atoms with E-state index in [4.69, 9.17) is 4.98 Å². The lowest BCUT2D eigenvalue weighted by molar-refractivity contribution is 0.313. The molecule has 0 saturated heterocycles. The maximum atomic E-state index is 13.6. The minimum Gasteiger partial charge on any atom is -0.296 e. The van der Waals surface area contributed by atoms with Crippen molar-refractivity contribution in [2.45, 2.75) is 78.3 Å². The van der Waals surface area contributed by atoms with Gasteiger partial charge in [0.25, 0.3) is 0 Å². The molecule has 188 valence electrons. The van der Waals surface area contributed by atoms with Gasteiger partial charge in [-0.3, -0.25) is 14.1 Å². The summed E-state index contributed by atoms with van der Waals surface area (Å²) in [5.41, 5.74) is 6.15. The minimum absolute atomic E-state index is 0.122. The first-order valence-electron chi connectivity index (χ1n) is 13.2. The monoisotopic (exact) mass is 485 g/mol. The van der Waals surface area contributed by atoms with E-state index in [1.54, 1.807) is 0 Å². The molecule has 1 aliphatic rings. The molecule has 0 aliphatic heterocycles. The molecule has 1 aliphatic carbocycles. The summed E-state index contributed by atoms with van der Waals surface area (Å²) < 4.78 is 4.03. The van der Waals surface area contributed by atoms with Crippen molar-refractivity contribution in [2.24, 2.45) is 5.92 Å². The summed E-state index contributed by atoms with van der Waals surface area (Å²) in [5, 5.41) is 14.3. The number of benzene rings is 1. The number of unbranched alkanes of at least 4 members (excludes halogenated alkanes) is 1. The van der Waals surface area contributed by atoms with E-state index in [0.717, 1.165) is 53.9 Å². The number of nitrogens with one attached hydrogen (secondary N) is 1. The Bertz CT molecular complexity index is 1330. The Hall–Kier alpha value is -3.55. The van der Waals surface area contributed by atoms with Gasteiger partial charge in [0, 0.05) is 35.3 Å². The molecule has 36 heavy (non-hydrogen) atoms. The molecule has 0 bridgehead atoms. The Morgan fingerprint density at radius 1 is 1.03 bits per heavy atom. The van der Waals surface area contributed by atoms with Crippen LogP contribution in [0.15, 0.2) is 47.4 Å². The molecule has 0 unspecified atom stereocenters. The van der Waals surface area contributed by atoms with Gasteiger partial charge in [0.05, 0.1) is 12.2 Å². The fourth-order valence-electron chi connectivity index (χ4n) is 5.47. The van der Waals surface area contributed by atoms with Gasteiger partial charge < -0.3 is 0 Å². The van der Waals surface area contributed by atoms with Crippen LogP contribution in [0, 0.1) is 12.8 Å². The first-order valence-corrected chi connectivity index (χ1v) is 13.2.